The number of aromatic nitrogens is 1. The molecule has 2 saturated heterocycles. The molecule has 0 aliphatic carbocycles. The minimum atomic E-state index is -5.08. The van der Waals surface area contributed by atoms with Gasteiger partial charge in [-0.2, -0.15) is 44.2 Å². The van der Waals surface area contributed by atoms with Gasteiger partial charge < -0.3 is 40.5 Å². The van der Waals surface area contributed by atoms with Gasteiger partial charge in [-0.1, -0.05) is 41.4 Å². The van der Waals surface area contributed by atoms with Crippen LogP contribution >= 0.6 is 23.2 Å². The van der Waals surface area contributed by atoms with Crippen molar-refractivity contribution in [2.24, 2.45) is 0 Å². The van der Waals surface area contributed by atoms with Crippen LogP contribution in [-0.4, -0.2) is 144 Å². The lowest BCUT2D eigenvalue weighted by Gasteiger charge is -2.40. The zero-order valence-electron chi connectivity index (χ0n) is 33.8. The number of halogens is 11. The Kier molecular flexibility index (Phi) is 19.6. The van der Waals surface area contributed by atoms with Crippen molar-refractivity contribution in [3.8, 4) is 5.75 Å². The molecule has 65 heavy (non-hydrogen) atoms. The molecule has 0 saturated carbocycles. The number of carbonyl (C=O) groups excluding carboxylic acids is 2. The highest BCUT2D eigenvalue weighted by atomic mass is 35.5. The molecule has 0 bridgehead atoms. The molecule has 5 rings (SSSR count). The first-order valence-corrected chi connectivity index (χ1v) is 20.4. The summed E-state index contributed by atoms with van der Waals surface area (Å²) in [6, 6.07) is 11.8. The van der Waals surface area contributed by atoms with E-state index in [-0.39, 0.29) is 39.1 Å². The number of ether oxygens (including phenoxy) is 1. The van der Waals surface area contributed by atoms with Crippen molar-refractivity contribution in [2.75, 3.05) is 45.8 Å². The average molecular weight is 1010 g/mol. The number of nitrogens with zero attached hydrogens (tertiary/aromatic N) is 3. The van der Waals surface area contributed by atoms with Crippen LogP contribution in [0.25, 0.3) is 10.9 Å². The van der Waals surface area contributed by atoms with Gasteiger partial charge in [-0.3, -0.25) is 9.59 Å². The topological polar surface area (TPSA) is 245 Å². The highest BCUT2D eigenvalue weighted by molar-refractivity contribution is 7.89. The molecule has 2 aliphatic rings. The minimum absolute atomic E-state index is 0.00625. The Hall–Kier alpha value is -5.22. The quantitative estimate of drug-likeness (QED) is 0.169. The van der Waals surface area contributed by atoms with Crippen molar-refractivity contribution in [3.63, 3.8) is 0 Å². The highest BCUT2D eigenvalue weighted by Gasteiger charge is 2.41. The third kappa shape index (κ3) is 16.9. The minimum Gasteiger partial charge on any atom is -0.487 e. The van der Waals surface area contributed by atoms with Gasteiger partial charge in [-0.25, -0.2) is 27.8 Å². The van der Waals surface area contributed by atoms with E-state index in [1.807, 2.05) is 31.2 Å². The number of amides is 2. The van der Waals surface area contributed by atoms with E-state index in [1.165, 1.54) is 26.0 Å². The second kappa shape index (κ2) is 22.8. The number of fused-ring (bicyclic) bond motifs is 1. The predicted octanol–water partition coefficient (Wildman–Crippen LogP) is 4.62. The number of aryl methyl sites for hydroxylation is 1. The molecule has 0 radical (unpaired) electrons. The van der Waals surface area contributed by atoms with Crippen molar-refractivity contribution in [2.45, 2.75) is 62.4 Å². The van der Waals surface area contributed by atoms with Crippen molar-refractivity contribution in [3.05, 3.63) is 63.8 Å². The number of sulfonamides is 1. The zero-order valence-corrected chi connectivity index (χ0v) is 36.1. The Bertz CT molecular complexity index is 2250. The van der Waals surface area contributed by atoms with Crippen LogP contribution in [0.1, 0.15) is 25.1 Å². The fourth-order valence-corrected chi connectivity index (χ4v) is 7.67. The second-order valence-electron chi connectivity index (χ2n) is 13.9. The van der Waals surface area contributed by atoms with Crippen LogP contribution in [-0.2, 0) is 40.6 Å². The van der Waals surface area contributed by atoms with Crippen molar-refractivity contribution < 1.29 is 92.0 Å². The SMILES string of the molecule is Cc1ccc2cccc(OCc3c(Cl)ccc(S(=O)(=O)NC(C)(C)C(=O)N4CCN(C(=O)C5CNCCN5)CC4)c3Cl)c2n1.O=C(O)C(F)(F)F.O=C(O)C(F)(F)F.O=C(O)C(F)(F)F. The number of carboxylic acid groups (broad SMARTS) is 3. The standard InChI is InChI=1S/C30H36Cl2N6O5S.3C2HF3O2/c1-19-7-8-20-5-4-6-24(27(20)35-19)43-18-21-22(31)9-10-25(26(21)32)44(41,42)36-30(2,3)29(40)38-15-13-37(14-16-38)28(39)23-17-33-11-12-34-23;3*3-2(4,5)1(6)7/h4-10,23,33-34,36H,11-18H2,1-3H3;3*(H,6,7). The molecule has 1 atom stereocenters. The van der Waals surface area contributed by atoms with E-state index in [0.717, 1.165) is 24.2 Å². The Morgan fingerprint density at radius 1 is 0.800 bits per heavy atom. The van der Waals surface area contributed by atoms with E-state index in [4.69, 9.17) is 57.6 Å². The number of pyridine rings is 1. The van der Waals surface area contributed by atoms with E-state index in [2.05, 4.69) is 20.3 Å². The van der Waals surface area contributed by atoms with Gasteiger partial charge in [0.1, 0.15) is 28.3 Å². The lowest BCUT2D eigenvalue weighted by Crippen LogP contribution is -2.62. The van der Waals surface area contributed by atoms with Gasteiger partial charge in [0.25, 0.3) is 0 Å². The van der Waals surface area contributed by atoms with Crippen LogP contribution < -0.4 is 20.1 Å². The predicted molar refractivity (Wildman–Crippen MR) is 211 cm³/mol. The molecule has 29 heteroatoms. The summed E-state index contributed by atoms with van der Waals surface area (Å²) in [5, 5.41) is 28.8. The summed E-state index contributed by atoms with van der Waals surface area (Å²) in [6.07, 6.45) is -15.3. The van der Waals surface area contributed by atoms with E-state index >= 15 is 0 Å². The van der Waals surface area contributed by atoms with E-state index in [0.29, 0.717) is 44.0 Å². The third-order valence-electron chi connectivity index (χ3n) is 8.50. The smallest absolute Gasteiger partial charge is 0.487 e. The molecular formula is C36H39Cl2F9N6O11S. The average Bonchev–Trinajstić information content (AvgIpc) is 3.19. The molecule has 3 heterocycles. The first-order valence-electron chi connectivity index (χ1n) is 18.1. The first kappa shape index (κ1) is 55.9. The summed E-state index contributed by atoms with van der Waals surface area (Å²) in [4.78, 5) is 60.7. The Labute approximate surface area is 372 Å². The normalized spacial score (nSPS) is 15.8. The van der Waals surface area contributed by atoms with Crippen molar-refractivity contribution >= 4 is 73.9 Å². The van der Waals surface area contributed by atoms with E-state index in [1.54, 1.807) is 15.9 Å². The molecule has 362 valence electrons. The van der Waals surface area contributed by atoms with Crippen LogP contribution in [0.5, 0.6) is 5.75 Å². The Morgan fingerprint density at radius 3 is 1.78 bits per heavy atom. The Balaban J connectivity index is 0.000000571. The molecule has 1 unspecified atom stereocenters. The molecule has 2 amide bonds. The van der Waals surface area contributed by atoms with Gasteiger partial charge in [0.05, 0.1) is 11.1 Å². The van der Waals surface area contributed by atoms with E-state index < -0.39 is 57.9 Å². The van der Waals surface area contributed by atoms with Gasteiger partial charge in [0, 0.05) is 67.5 Å². The molecule has 2 aromatic carbocycles. The van der Waals surface area contributed by atoms with Gasteiger partial charge in [0.2, 0.25) is 21.8 Å². The Morgan fingerprint density at radius 2 is 1.31 bits per heavy atom. The van der Waals surface area contributed by atoms with Gasteiger partial charge in [-0.15, -0.1) is 0 Å². The number of piperazine rings is 2. The number of para-hydroxylation sites is 1. The molecule has 3 aromatic rings. The monoisotopic (exact) mass is 1000 g/mol. The lowest BCUT2D eigenvalue weighted by molar-refractivity contribution is -0.193. The number of aliphatic carboxylic acids is 3. The lowest BCUT2D eigenvalue weighted by atomic mass is 10.0. The molecule has 17 nitrogen and oxygen atoms in total. The number of carbonyl (C=O) groups is 5. The first-order chi connectivity index (χ1) is 29.7. The second-order valence-corrected chi connectivity index (χ2v) is 16.3. The molecule has 2 aliphatic heterocycles. The molecular weight excluding hydrogens is 966 g/mol. The highest BCUT2D eigenvalue weighted by Crippen LogP contribution is 2.34. The molecule has 6 N–H and O–H groups in total. The van der Waals surface area contributed by atoms with Gasteiger partial charge in [0.15, 0.2) is 0 Å². The van der Waals surface area contributed by atoms with Gasteiger partial charge >= 0.3 is 36.4 Å². The summed E-state index contributed by atoms with van der Waals surface area (Å²) in [6.45, 7) is 8.20. The maximum absolute atomic E-state index is 13.6. The number of nitrogens with one attached hydrogen (secondary N) is 3. The van der Waals surface area contributed by atoms with Crippen LogP contribution in [0, 0.1) is 6.92 Å². The summed E-state index contributed by atoms with van der Waals surface area (Å²) in [5.74, 6) is -8.18. The molecule has 0 spiro atoms. The number of benzene rings is 2. The fraction of sp³-hybridized carbons (Fsp3) is 0.444. The van der Waals surface area contributed by atoms with E-state index in [9.17, 15) is 57.5 Å². The van der Waals surface area contributed by atoms with Crippen LogP contribution in [0.4, 0.5) is 39.5 Å². The fourth-order valence-electron chi connectivity index (χ4n) is 5.41. The third-order valence-corrected chi connectivity index (χ3v) is 11.1. The number of hydrogen-bond acceptors (Lipinski definition) is 11. The van der Waals surface area contributed by atoms with Crippen molar-refractivity contribution in [1.29, 1.82) is 0 Å². The van der Waals surface area contributed by atoms with Crippen LogP contribution in [0.2, 0.25) is 10.0 Å². The number of rotatable bonds is 8. The summed E-state index contributed by atoms with van der Waals surface area (Å²) < 4.78 is 131. The van der Waals surface area contributed by atoms with Gasteiger partial charge in [-0.05, 0) is 45.0 Å². The maximum atomic E-state index is 13.6. The van der Waals surface area contributed by atoms with Crippen LogP contribution in [0.3, 0.4) is 0 Å². The van der Waals surface area contributed by atoms with Crippen molar-refractivity contribution in [1.82, 2.24) is 30.1 Å². The number of hydrogen-bond donors (Lipinski definition) is 6. The number of alkyl halides is 9. The summed E-state index contributed by atoms with van der Waals surface area (Å²) >= 11 is 13.1. The largest absolute Gasteiger partial charge is 0.490 e. The zero-order chi connectivity index (χ0) is 49.9. The number of carboxylic acids is 3. The summed E-state index contributed by atoms with van der Waals surface area (Å²) in [7, 11) is -4.27. The maximum Gasteiger partial charge on any atom is 0.490 e. The molecule has 1 aromatic heterocycles. The molecule has 2 fully saturated rings. The van der Waals surface area contributed by atoms with Crippen LogP contribution in [0.15, 0.2) is 47.4 Å². The summed E-state index contributed by atoms with van der Waals surface area (Å²) in [5.41, 5.74) is 0.281.